The van der Waals surface area contributed by atoms with Crippen LogP contribution in [0.2, 0.25) is 0 Å². The number of aliphatic hydroxyl groups excluding tert-OH is 2. The number of carbonyl (C=O) groups excluding carboxylic acids is 2. The number of H-pyrrole nitrogens is 1. The highest BCUT2D eigenvalue weighted by atomic mass is 16.6. The van der Waals surface area contributed by atoms with Crippen molar-refractivity contribution >= 4 is 24.1 Å². The number of aromatic nitrogens is 2. The molecule has 0 aromatic carbocycles. The largest absolute Gasteiger partial charge is 0.481 e. The van der Waals surface area contributed by atoms with Crippen molar-refractivity contribution in [3.05, 3.63) is 22.4 Å². The molecular weight excluding hydrogens is 396 g/mol. The van der Waals surface area contributed by atoms with Crippen LogP contribution in [0.1, 0.15) is 29.6 Å². The molecule has 1 aromatic rings. The third-order valence-corrected chi connectivity index (χ3v) is 4.15. The molecule has 5 unspecified atom stereocenters. The zero-order chi connectivity index (χ0) is 21.7. The summed E-state index contributed by atoms with van der Waals surface area (Å²) in [4.78, 5) is 58.3. The number of imidazole rings is 1. The summed E-state index contributed by atoms with van der Waals surface area (Å²) < 4.78 is 6.20. The molecule has 0 aliphatic carbocycles. The molecule has 1 fully saturated rings. The first-order valence-electron chi connectivity index (χ1n) is 8.39. The molecule has 1 saturated heterocycles. The number of hydrogen-bond donors (Lipinski definition) is 7. The second kappa shape index (κ2) is 9.42. The highest BCUT2D eigenvalue weighted by Gasteiger charge is 2.44. The SMILES string of the molecule is O=Cc1cn(C2OC(NCC(=O)NC(CCC(=O)O)C(=O)O)C(O)C2O)c(=O)[nH]1. The van der Waals surface area contributed by atoms with E-state index in [9.17, 15) is 34.2 Å². The molecule has 1 aliphatic rings. The number of aldehydes is 1. The molecule has 160 valence electrons. The molecule has 14 heteroatoms. The lowest BCUT2D eigenvalue weighted by Gasteiger charge is -2.18. The van der Waals surface area contributed by atoms with Crippen LogP contribution in [0.4, 0.5) is 0 Å². The van der Waals surface area contributed by atoms with Crippen molar-refractivity contribution in [3.8, 4) is 0 Å². The number of carboxylic acids is 2. The van der Waals surface area contributed by atoms with E-state index in [0.29, 0.717) is 6.29 Å². The van der Waals surface area contributed by atoms with E-state index >= 15 is 0 Å². The molecule has 0 saturated carbocycles. The van der Waals surface area contributed by atoms with E-state index in [4.69, 9.17) is 14.9 Å². The summed E-state index contributed by atoms with van der Waals surface area (Å²) in [6.45, 7) is -0.528. The van der Waals surface area contributed by atoms with Crippen molar-refractivity contribution in [2.45, 2.75) is 43.5 Å². The number of nitrogens with one attached hydrogen (secondary N) is 3. The molecule has 0 bridgehead atoms. The minimum atomic E-state index is -1.56. The Morgan fingerprint density at radius 3 is 2.52 bits per heavy atom. The second-order valence-electron chi connectivity index (χ2n) is 6.24. The van der Waals surface area contributed by atoms with Crippen molar-refractivity contribution in [1.29, 1.82) is 0 Å². The first-order chi connectivity index (χ1) is 13.6. The van der Waals surface area contributed by atoms with Crippen molar-refractivity contribution in [2.75, 3.05) is 6.54 Å². The standard InChI is InChI=1S/C15H20N4O10/c20-5-6-4-19(15(28)17-6)13-11(25)10(24)12(29-13)16-3-8(21)18-7(14(26)27)1-2-9(22)23/h4-5,7,10-13,16,24-25H,1-3H2,(H,17,28)(H,18,21)(H,22,23)(H,26,27). The van der Waals surface area contributed by atoms with Crippen molar-refractivity contribution in [2.24, 2.45) is 0 Å². The lowest BCUT2D eigenvalue weighted by molar-refractivity contribution is -0.143. The maximum Gasteiger partial charge on any atom is 0.328 e. The zero-order valence-electron chi connectivity index (χ0n) is 14.8. The predicted molar refractivity (Wildman–Crippen MR) is 90.8 cm³/mol. The number of aliphatic hydroxyl groups is 2. The zero-order valence-corrected chi connectivity index (χ0v) is 14.8. The van der Waals surface area contributed by atoms with Crippen LogP contribution in [-0.2, 0) is 19.1 Å². The number of hydrogen-bond acceptors (Lipinski definition) is 9. The maximum absolute atomic E-state index is 11.9. The Balaban J connectivity index is 1.94. The van der Waals surface area contributed by atoms with Gasteiger partial charge in [-0.15, -0.1) is 0 Å². The Morgan fingerprint density at radius 1 is 1.28 bits per heavy atom. The first kappa shape index (κ1) is 22.2. The fourth-order valence-corrected chi connectivity index (χ4v) is 2.70. The second-order valence-corrected chi connectivity index (χ2v) is 6.24. The van der Waals surface area contributed by atoms with Gasteiger partial charge in [0.25, 0.3) is 0 Å². The van der Waals surface area contributed by atoms with E-state index in [2.05, 4.69) is 15.6 Å². The first-order valence-corrected chi connectivity index (χ1v) is 8.39. The van der Waals surface area contributed by atoms with Gasteiger partial charge in [-0.2, -0.15) is 0 Å². The van der Waals surface area contributed by atoms with Crippen LogP contribution in [0, 0.1) is 0 Å². The molecule has 29 heavy (non-hydrogen) atoms. The summed E-state index contributed by atoms with van der Waals surface area (Å²) in [7, 11) is 0. The summed E-state index contributed by atoms with van der Waals surface area (Å²) in [5.74, 6) is -3.45. The number of carboxylic acid groups (broad SMARTS) is 2. The number of carbonyl (C=O) groups is 4. The van der Waals surface area contributed by atoms with E-state index in [1.165, 1.54) is 0 Å². The van der Waals surface area contributed by atoms with Crippen molar-refractivity contribution < 1.29 is 44.3 Å². The summed E-state index contributed by atoms with van der Waals surface area (Å²) in [5, 5.41) is 42.3. The van der Waals surface area contributed by atoms with Gasteiger partial charge in [0.2, 0.25) is 5.91 Å². The van der Waals surface area contributed by atoms with Gasteiger partial charge in [-0.05, 0) is 6.42 Å². The van der Waals surface area contributed by atoms with E-state index in [1.807, 2.05) is 0 Å². The molecular formula is C15H20N4O10. The van der Waals surface area contributed by atoms with Gasteiger partial charge in [-0.1, -0.05) is 0 Å². The molecule has 2 heterocycles. The normalized spacial score (nSPS) is 24.8. The summed E-state index contributed by atoms with van der Waals surface area (Å²) in [6.07, 6.45) is -5.06. The quantitative estimate of drug-likeness (QED) is 0.186. The topological polar surface area (TPSA) is 220 Å². The van der Waals surface area contributed by atoms with E-state index in [1.54, 1.807) is 0 Å². The van der Waals surface area contributed by atoms with Crippen LogP contribution >= 0.6 is 0 Å². The minimum Gasteiger partial charge on any atom is -0.481 e. The average Bonchev–Trinajstić information content (AvgIpc) is 3.16. The van der Waals surface area contributed by atoms with Gasteiger partial charge in [0.1, 0.15) is 24.5 Å². The van der Waals surface area contributed by atoms with Crippen LogP contribution in [0.25, 0.3) is 0 Å². The molecule has 2 rings (SSSR count). The van der Waals surface area contributed by atoms with Crippen LogP contribution in [0.3, 0.4) is 0 Å². The van der Waals surface area contributed by atoms with Gasteiger partial charge < -0.3 is 35.5 Å². The van der Waals surface area contributed by atoms with Gasteiger partial charge in [0.05, 0.1) is 12.2 Å². The minimum absolute atomic E-state index is 0.0721. The van der Waals surface area contributed by atoms with Gasteiger partial charge >= 0.3 is 17.6 Å². The van der Waals surface area contributed by atoms with E-state index in [-0.39, 0.29) is 12.1 Å². The molecule has 14 nitrogen and oxygen atoms in total. The number of amides is 1. The van der Waals surface area contributed by atoms with E-state index < -0.39 is 67.2 Å². The summed E-state index contributed by atoms with van der Waals surface area (Å²) in [6, 6.07) is -1.42. The third kappa shape index (κ3) is 5.47. The average molecular weight is 416 g/mol. The number of rotatable bonds is 10. The van der Waals surface area contributed by atoms with Crippen LogP contribution < -0.4 is 16.3 Å². The van der Waals surface area contributed by atoms with E-state index in [0.717, 1.165) is 10.8 Å². The van der Waals surface area contributed by atoms with Crippen LogP contribution in [0.15, 0.2) is 11.0 Å². The van der Waals surface area contributed by atoms with Crippen molar-refractivity contribution in [1.82, 2.24) is 20.2 Å². The molecule has 1 aliphatic heterocycles. The van der Waals surface area contributed by atoms with Gasteiger partial charge in [0, 0.05) is 12.6 Å². The fourth-order valence-electron chi connectivity index (χ4n) is 2.70. The summed E-state index contributed by atoms with van der Waals surface area (Å²) >= 11 is 0. The fraction of sp³-hybridized carbons (Fsp3) is 0.533. The van der Waals surface area contributed by atoms with Gasteiger partial charge in [0.15, 0.2) is 12.5 Å². The highest BCUT2D eigenvalue weighted by Crippen LogP contribution is 2.27. The number of aromatic amines is 1. The van der Waals surface area contributed by atoms with Crippen molar-refractivity contribution in [3.63, 3.8) is 0 Å². The van der Waals surface area contributed by atoms with Crippen LogP contribution in [0.5, 0.6) is 0 Å². The molecule has 5 atom stereocenters. The Labute approximate surface area is 162 Å². The molecule has 7 N–H and O–H groups in total. The van der Waals surface area contributed by atoms with Gasteiger partial charge in [-0.25, -0.2) is 9.59 Å². The van der Waals surface area contributed by atoms with Gasteiger partial charge in [-0.3, -0.25) is 24.3 Å². The number of aliphatic carboxylic acids is 2. The number of ether oxygens (including phenoxy) is 1. The lowest BCUT2D eigenvalue weighted by atomic mass is 10.1. The monoisotopic (exact) mass is 416 g/mol. The Kier molecular flexibility index (Phi) is 7.22. The maximum atomic E-state index is 11.9. The Morgan fingerprint density at radius 2 is 1.97 bits per heavy atom. The smallest absolute Gasteiger partial charge is 0.328 e. The Bertz CT molecular complexity index is 833. The Hall–Kier alpha value is -3.07. The number of nitrogens with zero attached hydrogens (tertiary/aromatic N) is 1. The lowest BCUT2D eigenvalue weighted by Crippen LogP contribution is -2.48. The third-order valence-electron chi connectivity index (χ3n) is 4.15. The molecule has 1 amide bonds. The van der Waals surface area contributed by atoms with Crippen LogP contribution in [-0.4, -0.2) is 85.1 Å². The predicted octanol–water partition coefficient (Wildman–Crippen LogP) is -3.41. The molecule has 0 spiro atoms. The summed E-state index contributed by atoms with van der Waals surface area (Å²) in [5.41, 5.74) is -0.832. The highest BCUT2D eigenvalue weighted by molar-refractivity contribution is 5.85. The molecule has 1 aromatic heterocycles. The molecule has 0 radical (unpaired) electrons.